The maximum atomic E-state index is 10.5. The minimum atomic E-state index is 0. The predicted octanol–water partition coefficient (Wildman–Crippen LogP) is 5.42. The van der Waals surface area contributed by atoms with Crippen LogP contribution in [-0.4, -0.2) is 59.3 Å². The molecule has 0 radical (unpaired) electrons. The highest BCUT2D eigenvalue weighted by molar-refractivity contribution is 7.80. The van der Waals surface area contributed by atoms with Gasteiger partial charge in [0, 0.05) is 63.4 Å². The van der Waals surface area contributed by atoms with Crippen LogP contribution in [0, 0.1) is 3.82 Å². The molecule has 0 spiro atoms. The lowest BCUT2D eigenvalue weighted by Gasteiger charge is -2.34. The Hall–Kier alpha value is -1.32. The molecule has 3 aromatic rings. The third kappa shape index (κ3) is 6.38. The Kier molecular flexibility index (Phi) is 9.67. The number of rotatable bonds is 8. The number of hydrogen-bond donors (Lipinski definition) is 2. The van der Waals surface area contributed by atoms with Gasteiger partial charge in [0.1, 0.15) is 9.57 Å². The van der Waals surface area contributed by atoms with E-state index in [1.54, 1.807) is 20.7 Å². The Morgan fingerprint density at radius 2 is 1.66 bits per heavy atom. The molecule has 0 aliphatic carbocycles. The number of hydrogen-bond acceptors (Lipinski definition) is 7. The summed E-state index contributed by atoms with van der Waals surface area (Å²) in [6, 6.07) is 16.4. The summed E-state index contributed by atoms with van der Waals surface area (Å²) >= 11 is 5.65. The van der Waals surface area contributed by atoms with Crippen LogP contribution in [-0.2, 0) is 13.0 Å². The molecule has 8 heteroatoms. The molecule has 1 fully saturated rings. The molecule has 2 N–H and O–H groups in total. The van der Waals surface area contributed by atoms with Gasteiger partial charge in [0.2, 0.25) is 0 Å². The third-order valence-corrected chi connectivity index (χ3v) is 8.97. The van der Waals surface area contributed by atoms with Crippen molar-refractivity contribution < 1.29 is 10.2 Å². The molecule has 0 unspecified atom stereocenters. The molecular weight excluding hydrogens is 480 g/mol. The zero-order chi connectivity index (χ0) is 21.6. The van der Waals surface area contributed by atoms with Crippen molar-refractivity contribution in [3.63, 3.8) is 0 Å². The maximum Gasteiger partial charge on any atom is 0.120 e. The van der Waals surface area contributed by atoms with Crippen LogP contribution in [0.5, 0.6) is 5.75 Å². The van der Waals surface area contributed by atoms with Crippen molar-refractivity contribution in [1.29, 1.82) is 0 Å². The summed E-state index contributed by atoms with van der Waals surface area (Å²) in [5.41, 5.74) is 4.58. The van der Waals surface area contributed by atoms with Gasteiger partial charge in [-0.15, -0.1) is 12.4 Å². The van der Waals surface area contributed by atoms with Crippen LogP contribution < -0.4 is 0 Å². The van der Waals surface area contributed by atoms with Crippen molar-refractivity contribution in [1.82, 2.24) is 9.80 Å². The van der Waals surface area contributed by atoms with E-state index in [4.69, 9.17) is 17.3 Å². The van der Waals surface area contributed by atoms with E-state index in [-0.39, 0.29) is 19.0 Å². The maximum absolute atomic E-state index is 10.5. The Morgan fingerprint density at radius 1 is 0.938 bits per heavy atom. The van der Waals surface area contributed by atoms with E-state index in [0.717, 1.165) is 67.1 Å². The minimum Gasteiger partial charge on any atom is -0.508 e. The van der Waals surface area contributed by atoms with Crippen LogP contribution in [0.15, 0.2) is 48.5 Å². The Bertz CT molecular complexity index is 1050. The molecule has 1 saturated heterocycles. The number of aromatic hydroxyl groups is 1. The summed E-state index contributed by atoms with van der Waals surface area (Å²) in [6.45, 7) is 5.93. The molecule has 0 saturated carbocycles. The molecule has 0 bridgehead atoms. The summed E-state index contributed by atoms with van der Waals surface area (Å²) in [4.78, 5) is 6.01. The Morgan fingerprint density at radius 3 is 2.38 bits per heavy atom. The number of piperazine rings is 1. The van der Waals surface area contributed by atoms with Crippen molar-refractivity contribution in [2.75, 3.05) is 39.3 Å². The number of halogens is 1. The van der Waals surface area contributed by atoms with Crippen molar-refractivity contribution in [2.45, 2.75) is 19.4 Å². The van der Waals surface area contributed by atoms with Gasteiger partial charge in [0.15, 0.2) is 0 Å². The molecule has 1 aromatic heterocycles. The lowest BCUT2D eigenvalue weighted by molar-refractivity contribution is 0.119. The highest BCUT2D eigenvalue weighted by Gasteiger charge is 2.19. The predicted molar refractivity (Wildman–Crippen MR) is 140 cm³/mol. The fourth-order valence-electron chi connectivity index (χ4n) is 4.01. The third-order valence-electron chi connectivity index (χ3n) is 5.78. The smallest absolute Gasteiger partial charge is 0.120 e. The van der Waals surface area contributed by atoms with Crippen LogP contribution in [0.1, 0.15) is 23.1 Å². The van der Waals surface area contributed by atoms with Crippen LogP contribution in [0.3, 0.4) is 0 Å². The Balaban J connectivity index is 0.00000289. The number of phenols is 1. The van der Waals surface area contributed by atoms with E-state index >= 15 is 0 Å². The standard InChI is InChI=1S/C24H28N2O2S3.ClH/c27-14-4-9-25-10-12-26(13-11-25)17-20-16-19(7-8-22(20)28)23-21(24(29)31-30-23)15-18-5-2-1-3-6-18;/h1-3,5-8,16,27-28H,4,9-15,17H2;1H. The van der Waals surface area contributed by atoms with Gasteiger partial charge >= 0.3 is 0 Å². The van der Waals surface area contributed by atoms with E-state index in [1.807, 2.05) is 18.2 Å². The molecule has 0 amide bonds. The topological polar surface area (TPSA) is 46.9 Å². The quantitative estimate of drug-likeness (QED) is 0.314. The fraction of sp³-hybridized carbons (Fsp3) is 0.375. The van der Waals surface area contributed by atoms with Gasteiger partial charge in [-0.05, 0) is 35.7 Å². The number of aliphatic hydroxyl groups is 1. The number of nitrogens with zero attached hydrogens (tertiary/aromatic N) is 2. The molecule has 32 heavy (non-hydrogen) atoms. The molecule has 1 aliphatic heterocycles. The minimum absolute atomic E-state index is 0. The summed E-state index contributed by atoms with van der Waals surface area (Å²) in [5, 5.41) is 19.5. The normalized spacial score (nSPS) is 14.9. The second kappa shape index (κ2) is 12.2. The van der Waals surface area contributed by atoms with Gasteiger partial charge in [0.25, 0.3) is 0 Å². The van der Waals surface area contributed by atoms with E-state index < -0.39 is 0 Å². The van der Waals surface area contributed by atoms with Crippen molar-refractivity contribution in [3.8, 4) is 16.2 Å². The molecular formula is C24H29ClN2O2S3. The summed E-state index contributed by atoms with van der Waals surface area (Å²) in [6.07, 6.45) is 1.67. The van der Waals surface area contributed by atoms with E-state index in [0.29, 0.717) is 5.75 Å². The summed E-state index contributed by atoms with van der Waals surface area (Å²) in [5.74, 6) is 0.356. The van der Waals surface area contributed by atoms with E-state index in [1.165, 1.54) is 16.0 Å². The lowest BCUT2D eigenvalue weighted by Crippen LogP contribution is -2.46. The second-order valence-corrected chi connectivity index (χ2v) is 10.8. The fourth-order valence-corrected chi connectivity index (χ4v) is 6.92. The average molecular weight is 509 g/mol. The zero-order valence-corrected chi connectivity index (χ0v) is 21.2. The van der Waals surface area contributed by atoms with Crippen molar-refractivity contribution in [3.05, 3.63) is 69.0 Å². The second-order valence-electron chi connectivity index (χ2n) is 7.96. The van der Waals surface area contributed by atoms with Crippen LogP contribution in [0.25, 0.3) is 10.4 Å². The SMILES string of the molecule is Cl.OCCCN1CCN(Cc2cc(-c3ssc(=S)c3Cc3ccccc3)ccc2O)CC1. The van der Waals surface area contributed by atoms with Gasteiger partial charge in [-0.1, -0.05) is 63.2 Å². The van der Waals surface area contributed by atoms with Gasteiger partial charge in [-0.2, -0.15) is 0 Å². The molecule has 0 atom stereocenters. The molecule has 4 rings (SSSR count). The zero-order valence-electron chi connectivity index (χ0n) is 17.9. The van der Waals surface area contributed by atoms with Crippen LogP contribution in [0.2, 0.25) is 0 Å². The summed E-state index contributed by atoms with van der Waals surface area (Å²) in [7, 11) is 3.39. The molecule has 2 heterocycles. The monoisotopic (exact) mass is 508 g/mol. The first-order valence-electron chi connectivity index (χ1n) is 10.7. The van der Waals surface area contributed by atoms with Crippen molar-refractivity contribution >= 4 is 45.3 Å². The highest BCUT2D eigenvalue weighted by Crippen LogP contribution is 2.38. The molecule has 1 aliphatic rings. The molecule has 4 nitrogen and oxygen atoms in total. The van der Waals surface area contributed by atoms with Gasteiger partial charge in [-0.3, -0.25) is 4.90 Å². The van der Waals surface area contributed by atoms with Gasteiger partial charge in [0.05, 0.1) is 4.88 Å². The van der Waals surface area contributed by atoms with Crippen molar-refractivity contribution in [2.24, 2.45) is 0 Å². The first-order chi connectivity index (χ1) is 15.1. The van der Waals surface area contributed by atoms with Gasteiger partial charge in [-0.25, -0.2) is 0 Å². The van der Waals surface area contributed by atoms with Crippen LogP contribution in [0.4, 0.5) is 0 Å². The lowest BCUT2D eigenvalue weighted by atomic mass is 10.0. The Labute approximate surface area is 208 Å². The molecule has 172 valence electrons. The first kappa shape index (κ1) is 25.3. The highest BCUT2D eigenvalue weighted by atomic mass is 35.5. The van der Waals surface area contributed by atoms with Gasteiger partial charge < -0.3 is 15.1 Å². The van der Waals surface area contributed by atoms with Crippen LogP contribution >= 0.6 is 45.3 Å². The largest absolute Gasteiger partial charge is 0.508 e. The molecule has 2 aromatic carbocycles. The average Bonchev–Trinajstić information content (AvgIpc) is 3.15. The summed E-state index contributed by atoms with van der Waals surface area (Å²) < 4.78 is 0.956. The number of phenolic OH excluding ortho intramolecular Hbond substituents is 1. The van der Waals surface area contributed by atoms with E-state index in [2.05, 4.69) is 40.1 Å². The number of benzene rings is 2. The van der Waals surface area contributed by atoms with E-state index in [9.17, 15) is 5.11 Å². The first-order valence-corrected chi connectivity index (χ1v) is 13.2. The number of aliphatic hydroxyl groups excluding tert-OH is 1.